The lowest BCUT2D eigenvalue weighted by molar-refractivity contribution is -0.149. The van der Waals surface area contributed by atoms with Gasteiger partial charge in [-0.05, 0) is 26.2 Å². The molecular weight excluding hydrogens is 311 g/mol. The zero-order chi connectivity index (χ0) is 16.1. The lowest BCUT2D eigenvalue weighted by Crippen LogP contribution is -2.43. The molecule has 0 aliphatic carbocycles. The summed E-state index contributed by atoms with van der Waals surface area (Å²) < 4.78 is 66.1. The van der Waals surface area contributed by atoms with Crippen LogP contribution in [0.5, 0.6) is 0 Å². The fourth-order valence-corrected chi connectivity index (χ4v) is 3.81. The highest BCUT2D eigenvalue weighted by Crippen LogP contribution is 2.24. The summed E-state index contributed by atoms with van der Waals surface area (Å²) >= 11 is 0. The van der Waals surface area contributed by atoms with Gasteiger partial charge in [-0.25, -0.2) is 12.7 Å². The number of sulfonamides is 1. The van der Waals surface area contributed by atoms with Gasteiger partial charge in [-0.1, -0.05) is 0 Å². The normalized spacial score (nSPS) is 21.2. The van der Waals surface area contributed by atoms with Gasteiger partial charge in [0.1, 0.15) is 0 Å². The molecule has 21 heavy (non-hydrogen) atoms. The summed E-state index contributed by atoms with van der Waals surface area (Å²) in [5.74, 6) is -1.54. The Hall–Kier alpha value is -0.830. The summed E-state index contributed by atoms with van der Waals surface area (Å²) in [4.78, 5) is 11.6. The fourth-order valence-electron chi connectivity index (χ4n) is 2.23. The quantitative estimate of drug-likeness (QED) is 0.698. The number of carbonyl (C=O) groups excluding carboxylic acids is 1. The van der Waals surface area contributed by atoms with Crippen LogP contribution in [0.3, 0.4) is 0 Å². The SMILES string of the molecule is CCOC(=O)[C@H]1CCCN(S(=O)(=O)CCCC(F)(F)F)C1. The molecule has 5 nitrogen and oxygen atoms in total. The molecule has 0 aromatic rings. The van der Waals surface area contributed by atoms with Gasteiger partial charge in [0.25, 0.3) is 0 Å². The highest BCUT2D eigenvalue weighted by atomic mass is 32.2. The van der Waals surface area contributed by atoms with Crippen molar-refractivity contribution in [3.05, 3.63) is 0 Å². The van der Waals surface area contributed by atoms with Crippen LogP contribution < -0.4 is 0 Å². The van der Waals surface area contributed by atoms with Crippen molar-refractivity contribution in [2.75, 3.05) is 25.4 Å². The van der Waals surface area contributed by atoms with E-state index in [-0.39, 0.29) is 19.7 Å². The molecule has 0 radical (unpaired) electrons. The summed E-state index contributed by atoms with van der Waals surface area (Å²) in [5.41, 5.74) is 0. The molecule has 1 saturated heterocycles. The van der Waals surface area contributed by atoms with E-state index >= 15 is 0 Å². The molecule has 0 amide bonds. The van der Waals surface area contributed by atoms with Crippen molar-refractivity contribution in [1.29, 1.82) is 0 Å². The first-order valence-corrected chi connectivity index (χ1v) is 8.48. The average Bonchev–Trinajstić information content (AvgIpc) is 2.37. The monoisotopic (exact) mass is 331 g/mol. The zero-order valence-electron chi connectivity index (χ0n) is 11.9. The van der Waals surface area contributed by atoms with Crippen LogP contribution in [-0.4, -0.2) is 50.3 Å². The molecule has 0 aromatic heterocycles. The number of alkyl halides is 3. The zero-order valence-corrected chi connectivity index (χ0v) is 12.7. The van der Waals surface area contributed by atoms with E-state index in [2.05, 4.69) is 0 Å². The molecule has 0 N–H and O–H groups in total. The number of hydrogen-bond acceptors (Lipinski definition) is 4. The number of rotatable bonds is 6. The van der Waals surface area contributed by atoms with Crippen molar-refractivity contribution in [2.24, 2.45) is 5.92 Å². The second-order valence-electron chi connectivity index (χ2n) is 4.98. The van der Waals surface area contributed by atoms with Crippen molar-refractivity contribution in [3.8, 4) is 0 Å². The Morgan fingerprint density at radius 2 is 2.05 bits per heavy atom. The highest BCUT2D eigenvalue weighted by molar-refractivity contribution is 7.89. The molecule has 1 atom stereocenters. The number of esters is 1. The smallest absolute Gasteiger partial charge is 0.389 e. The van der Waals surface area contributed by atoms with E-state index in [1.165, 1.54) is 0 Å². The molecular formula is C12H20F3NO4S. The van der Waals surface area contributed by atoms with Crippen LogP contribution in [-0.2, 0) is 19.6 Å². The molecule has 1 aliphatic rings. The summed E-state index contributed by atoms with van der Waals surface area (Å²) in [6, 6.07) is 0. The third-order valence-corrected chi connectivity index (χ3v) is 5.18. The van der Waals surface area contributed by atoms with Gasteiger partial charge in [0.05, 0.1) is 18.3 Å². The van der Waals surface area contributed by atoms with Crippen LogP contribution in [0.4, 0.5) is 13.2 Å². The van der Waals surface area contributed by atoms with Crippen molar-refractivity contribution < 1.29 is 31.1 Å². The number of carbonyl (C=O) groups is 1. The Labute approximate surface area is 122 Å². The number of nitrogens with zero attached hydrogens (tertiary/aromatic N) is 1. The molecule has 0 saturated carbocycles. The number of piperidine rings is 1. The molecule has 0 unspecified atom stereocenters. The third-order valence-electron chi connectivity index (χ3n) is 3.26. The molecule has 0 spiro atoms. The molecule has 124 valence electrons. The van der Waals surface area contributed by atoms with Crippen LogP contribution in [0.2, 0.25) is 0 Å². The standard InChI is InChI=1S/C12H20F3NO4S/c1-2-20-11(17)10-5-3-7-16(9-10)21(18,19)8-4-6-12(13,14)15/h10H,2-9H2,1H3/t10-/m0/s1. The lowest BCUT2D eigenvalue weighted by Gasteiger charge is -2.30. The van der Waals surface area contributed by atoms with Crippen molar-refractivity contribution in [1.82, 2.24) is 4.31 Å². The number of ether oxygens (including phenoxy) is 1. The van der Waals surface area contributed by atoms with Crippen LogP contribution in [0.15, 0.2) is 0 Å². The maximum absolute atomic E-state index is 12.1. The maximum Gasteiger partial charge on any atom is 0.389 e. The van der Waals surface area contributed by atoms with Crippen LogP contribution in [0.25, 0.3) is 0 Å². The Kier molecular flexibility index (Phi) is 6.45. The summed E-state index contributed by atoms with van der Waals surface area (Å²) in [5, 5.41) is 0. The van der Waals surface area contributed by atoms with Gasteiger partial charge < -0.3 is 4.74 Å². The third kappa shape index (κ3) is 6.21. The van der Waals surface area contributed by atoms with Crippen molar-refractivity contribution in [2.45, 2.75) is 38.8 Å². The van der Waals surface area contributed by atoms with Gasteiger partial charge in [-0.15, -0.1) is 0 Å². The van der Waals surface area contributed by atoms with Crippen molar-refractivity contribution in [3.63, 3.8) is 0 Å². The first-order chi connectivity index (χ1) is 9.65. The van der Waals surface area contributed by atoms with Gasteiger partial charge in [-0.3, -0.25) is 4.79 Å². The Bertz CT molecular complexity index is 450. The van der Waals surface area contributed by atoms with Crippen LogP contribution in [0.1, 0.15) is 32.6 Å². The minimum atomic E-state index is -4.36. The fraction of sp³-hybridized carbons (Fsp3) is 0.917. The highest BCUT2D eigenvalue weighted by Gasteiger charge is 2.34. The molecule has 9 heteroatoms. The molecule has 1 aliphatic heterocycles. The summed E-state index contributed by atoms with van der Waals surface area (Å²) in [7, 11) is -3.76. The molecule has 0 bridgehead atoms. The summed E-state index contributed by atoms with van der Waals surface area (Å²) in [6.45, 7) is 2.11. The van der Waals surface area contributed by atoms with E-state index in [0.29, 0.717) is 12.8 Å². The predicted molar refractivity (Wildman–Crippen MR) is 70.0 cm³/mol. The lowest BCUT2D eigenvalue weighted by atomic mass is 10.0. The van der Waals surface area contributed by atoms with Gasteiger partial charge >= 0.3 is 12.1 Å². The van der Waals surface area contributed by atoms with Gasteiger partial charge in [0, 0.05) is 19.5 Å². The topological polar surface area (TPSA) is 63.7 Å². The molecule has 1 heterocycles. The minimum absolute atomic E-state index is 0.00676. The largest absolute Gasteiger partial charge is 0.466 e. The van der Waals surface area contributed by atoms with E-state index < -0.39 is 46.7 Å². The second-order valence-corrected chi connectivity index (χ2v) is 7.07. The van der Waals surface area contributed by atoms with Crippen LogP contribution in [0, 0.1) is 5.92 Å². The van der Waals surface area contributed by atoms with E-state index in [9.17, 15) is 26.4 Å². The first-order valence-electron chi connectivity index (χ1n) is 6.87. The molecule has 1 fully saturated rings. The molecule has 0 aromatic carbocycles. The predicted octanol–water partition coefficient (Wildman–Crippen LogP) is 1.93. The Morgan fingerprint density at radius 3 is 2.62 bits per heavy atom. The summed E-state index contributed by atoms with van der Waals surface area (Å²) in [6.07, 6.45) is -4.91. The second kappa shape index (κ2) is 7.44. The minimum Gasteiger partial charge on any atom is -0.466 e. The number of halogens is 3. The Balaban J connectivity index is 2.56. The van der Waals surface area contributed by atoms with E-state index in [0.717, 1.165) is 4.31 Å². The first kappa shape index (κ1) is 18.2. The molecule has 1 rings (SSSR count). The van der Waals surface area contributed by atoms with Gasteiger partial charge in [-0.2, -0.15) is 13.2 Å². The van der Waals surface area contributed by atoms with Crippen LogP contribution >= 0.6 is 0 Å². The van der Waals surface area contributed by atoms with E-state index in [1.807, 2.05) is 0 Å². The Morgan fingerprint density at radius 1 is 1.38 bits per heavy atom. The average molecular weight is 331 g/mol. The number of hydrogen-bond donors (Lipinski definition) is 0. The maximum atomic E-state index is 12.1. The van der Waals surface area contributed by atoms with E-state index in [4.69, 9.17) is 4.74 Å². The van der Waals surface area contributed by atoms with E-state index in [1.54, 1.807) is 6.92 Å². The van der Waals surface area contributed by atoms with Gasteiger partial charge in [0.15, 0.2) is 0 Å². The van der Waals surface area contributed by atoms with Crippen molar-refractivity contribution >= 4 is 16.0 Å². The van der Waals surface area contributed by atoms with Gasteiger partial charge in [0.2, 0.25) is 10.0 Å².